The van der Waals surface area contributed by atoms with E-state index in [4.69, 9.17) is 5.73 Å². The molecule has 0 radical (unpaired) electrons. The molecule has 0 saturated carbocycles. The number of aromatic nitrogens is 2. The molecule has 2 rings (SSSR count). The van der Waals surface area contributed by atoms with E-state index in [2.05, 4.69) is 35.5 Å². The third-order valence-corrected chi connectivity index (χ3v) is 3.97. The molecule has 0 spiro atoms. The van der Waals surface area contributed by atoms with Gasteiger partial charge in [-0.25, -0.2) is 4.68 Å². The predicted octanol–water partition coefficient (Wildman–Crippen LogP) is 2.81. The minimum absolute atomic E-state index is 0.565. The molecule has 4 nitrogen and oxygen atoms in total. The quantitative estimate of drug-likeness (QED) is 0.897. The third kappa shape index (κ3) is 2.33. The summed E-state index contributed by atoms with van der Waals surface area (Å²) in [5, 5.41) is 4.58. The van der Waals surface area contributed by atoms with Crippen LogP contribution in [0.5, 0.6) is 0 Å². The van der Waals surface area contributed by atoms with Gasteiger partial charge in [-0.3, -0.25) is 0 Å². The van der Waals surface area contributed by atoms with E-state index in [0.29, 0.717) is 6.04 Å². The van der Waals surface area contributed by atoms with Crippen molar-refractivity contribution in [1.29, 1.82) is 0 Å². The number of hydrogen-bond donors (Lipinski definition) is 1. The van der Waals surface area contributed by atoms with Crippen LogP contribution in [-0.4, -0.2) is 22.4 Å². The molecule has 1 fully saturated rings. The molecule has 1 aliphatic heterocycles. The Bertz CT molecular complexity index is 410. The molecule has 102 valence electrons. The van der Waals surface area contributed by atoms with Gasteiger partial charge >= 0.3 is 0 Å². The van der Waals surface area contributed by atoms with E-state index in [1.807, 2.05) is 6.92 Å². The number of nitrogen functional groups attached to an aromatic ring is 1. The Kier molecular flexibility index (Phi) is 3.83. The van der Waals surface area contributed by atoms with E-state index in [1.54, 1.807) is 0 Å². The topological polar surface area (TPSA) is 47.1 Å². The third-order valence-electron chi connectivity index (χ3n) is 3.97. The van der Waals surface area contributed by atoms with Crippen molar-refractivity contribution in [3.05, 3.63) is 5.69 Å². The first-order valence-electron chi connectivity index (χ1n) is 7.14. The van der Waals surface area contributed by atoms with Crippen molar-refractivity contribution in [2.24, 2.45) is 5.92 Å². The molecule has 2 N–H and O–H groups in total. The van der Waals surface area contributed by atoms with Gasteiger partial charge in [0.25, 0.3) is 0 Å². The molecule has 18 heavy (non-hydrogen) atoms. The summed E-state index contributed by atoms with van der Waals surface area (Å²) in [6, 6.07) is 0.565. The highest BCUT2D eigenvalue weighted by Crippen LogP contribution is 2.33. The van der Waals surface area contributed by atoms with Crippen LogP contribution < -0.4 is 10.6 Å². The molecule has 2 heterocycles. The Labute approximate surface area is 110 Å². The summed E-state index contributed by atoms with van der Waals surface area (Å²) >= 11 is 0. The summed E-state index contributed by atoms with van der Waals surface area (Å²) < 4.78 is 2.10. The number of nitrogens with two attached hydrogens (primary N) is 1. The van der Waals surface area contributed by atoms with Crippen molar-refractivity contribution >= 4 is 11.5 Å². The van der Waals surface area contributed by atoms with Gasteiger partial charge in [-0.05, 0) is 39.0 Å². The lowest BCUT2D eigenvalue weighted by Gasteiger charge is -2.38. The van der Waals surface area contributed by atoms with E-state index in [0.717, 1.165) is 42.6 Å². The van der Waals surface area contributed by atoms with Crippen molar-refractivity contribution in [2.75, 3.05) is 17.2 Å². The Hall–Kier alpha value is -1.19. The molecule has 2 unspecified atom stereocenters. The maximum absolute atomic E-state index is 6.25. The molecule has 4 heteroatoms. The van der Waals surface area contributed by atoms with Gasteiger partial charge in [-0.1, -0.05) is 13.8 Å². The molecule has 0 amide bonds. The highest BCUT2D eigenvalue weighted by Gasteiger charge is 2.28. The van der Waals surface area contributed by atoms with Crippen molar-refractivity contribution in [3.8, 4) is 0 Å². The van der Waals surface area contributed by atoms with Gasteiger partial charge in [0.15, 0.2) is 5.82 Å². The fourth-order valence-corrected chi connectivity index (χ4v) is 2.84. The van der Waals surface area contributed by atoms with Gasteiger partial charge < -0.3 is 10.6 Å². The van der Waals surface area contributed by atoms with Crippen LogP contribution in [-0.2, 0) is 6.54 Å². The molecule has 0 aromatic carbocycles. The average Bonchev–Trinajstić information content (AvgIpc) is 2.59. The molecule has 0 bridgehead atoms. The zero-order chi connectivity index (χ0) is 13.3. The number of hydrogen-bond acceptors (Lipinski definition) is 3. The zero-order valence-electron chi connectivity index (χ0n) is 12.1. The maximum Gasteiger partial charge on any atom is 0.150 e. The normalized spacial score (nSPS) is 24.6. The van der Waals surface area contributed by atoms with Gasteiger partial charge in [0.1, 0.15) is 0 Å². The maximum atomic E-state index is 6.25. The fraction of sp³-hybridized carbons (Fsp3) is 0.786. The second-order valence-electron chi connectivity index (χ2n) is 5.73. The number of aryl methyl sites for hydroxylation is 2. The predicted molar refractivity (Wildman–Crippen MR) is 76.9 cm³/mol. The monoisotopic (exact) mass is 250 g/mol. The molecule has 1 aromatic rings. The average molecular weight is 250 g/mol. The first-order valence-corrected chi connectivity index (χ1v) is 7.14. The van der Waals surface area contributed by atoms with E-state index >= 15 is 0 Å². The minimum atomic E-state index is 0.565. The second kappa shape index (κ2) is 5.21. The standard InChI is InChI=1S/C14H26N4/c1-5-8-18-14(13(15)12(4)16-18)17-9-10(2)6-7-11(17)3/h10-11H,5-9,15H2,1-4H3. The highest BCUT2D eigenvalue weighted by atomic mass is 15.4. The highest BCUT2D eigenvalue weighted by molar-refractivity contribution is 5.66. The van der Waals surface area contributed by atoms with Crippen LogP contribution >= 0.6 is 0 Å². The van der Waals surface area contributed by atoms with Crippen LogP contribution in [0.1, 0.15) is 45.7 Å². The van der Waals surface area contributed by atoms with Gasteiger partial charge in [-0.15, -0.1) is 0 Å². The molecular weight excluding hydrogens is 224 g/mol. The summed E-state index contributed by atoms with van der Waals surface area (Å²) in [6.45, 7) is 10.8. The van der Waals surface area contributed by atoms with Crippen LogP contribution in [0, 0.1) is 12.8 Å². The number of anilines is 2. The van der Waals surface area contributed by atoms with Gasteiger partial charge in [0.2, 0.25) is 0 Å². The molecule has 1 aliphatic rings. The van der Waals surface area contributed by atoms with Crippen LogP contribution in [0.25, 0.3) is 0 Å². The Morgan fingerprint density at radius 1 is 1.33 bits per heavy atom. The van der Waals surface area contributed by atoms with E-state index in [1.165, 1.54) is 12.8 Å². The van der Waals surface area contributed by atoms with Gasteiger partial charge in [0.05, 0.1) is 11.4 Å². The minimum Gasteiger partial charge on any atom is -0.394 e. The molecule has 1 aromatic heterocycles. The molecule has 1 saturated heterocycles. The van der Waals surface area contributed by atoms with E-state index in [9.17, 15) is 0 Å². The van der Waals surface area contributed by atoms with Crippen LogP contribution in [0.3, 0.4) is 0 Å². The summed E-state index contributed by atoms with van der Waals surface area (Å²) in [5.41, 5.74) is 8.07. The van der Waals surface area contributed by atoms with E-state index < -0.39 is 0 Å². The lowest BCUT2D eigenvalue weighted by atomic mass is 9.95. The van der Waals surface area contributed by atoms with Crippen LogP contribution in [0.2, 0.25) is 0 Å². The largest absolute Gasteiger partial charge is 0.394 e. The first-order chi connectivity index (χ1) is 8.54. The number of piperidine rings is 1. The SMILES string of the molecule is CCCn1nc(C)c(N)c1N1CC(C)CCC1C. The smallest absolute Gasteiger partial charge is 0.150 e. The Morgan fingerprint density at radius 3 is 2.72 bits per heavy atom. The van der Waals surface area contributed by atoms with Gasteiger partial charge in [0, 0.05) is 19.1 Å². The van der Waals surface area contributed by atoms with Crippen LogP contribution in [0.15, 0.2) is 0 Å². The summed E-state index contributed by atoms with van der Waals surface area (Å²) in [7, 11) is 0. The first kappa shape index (κ1) is 13.2. The van der Waals surface area contributed by atoms with Crippen molar-refractivity contribution < 1.29 is 0 Å². The molecule has 2 atom stereocenters. The summed E-state index contributed by atoms with van der Waals surface area (Å²) in [4.78, 5) is 2.46. The van der Waals surface area contributed by atoms with Crippen LogP contribution in [0.4, 0.5) is 11.5 Å². The van der Waals surface area contributed by atoms with Crippen molar-refractivity contribution in [2.45, 2.75) is 59.5 Å². The molecular formula is C14H26N4. The van der Waals surface area contributed by atoms with E-state index in [-0.39, 0.29) is 0 Å². The summed E-state index contributed by atoms with van der Waals surface area (Å²) in [5.74, 6) is 1.89. The zero-order valence-corrected chi connectivity index (χ0v) is 12.1. The molecule has 0 aliphatic carbocycles. The number of nitrogens with zero attached hydrogens (tertiary/aromatic N) is 3. The Balaban J connectivity index is 2.35. The second-order valence-corrected chi connectivity index (χ2v) is 5.73. The van der Waals surface area contributed by atoms with Gasteiger partial charge in [-0.2, -0.15) is 5.10 Å². The van der Waals surface area contributed by atoms with Crippen molar-refractivity contribution in [1.82, 2.24) is 9.78 Å². The van der Waals surface area contributed by atoms with Crippen molar-refractivity contribution in [3.63, 3.8) is 0 Å². The number of rotatable bonds is 3. The fourth-order valence-electron chi connectivity index (χ4n) is 2.84. The summed E-state index contributed by atoms with van der Waals surface area (Å²) in [6.07, 6.45) is 3.65. The lowest BCUT2D eigenvalue weighted by Crippen LogP contribution is -2.42. The lowest BCUT2D eigenvalue weighted by molar-refractivity contribution is 0.382. The Morgan fingerprint density at radius 2 is 2.06 bits per heavy atom.